The van der Waals surface area contributed by atoms with Gasteiger partial charge in [-0.1, -0.05) is 11.6 Å². The van der Waals surface area contributed by atoms with Gasteiger partial charge in [0.05, 0.1) is 29.8 Å². The first kappa shape index (κ1) is 17.4. The topological polar surface area (TPSA) is 55.8 Å². The molecular weight excluding hydrogens is 345 g/mol. The molecule has 124 valence electrons. The molecular formula is C15H15ClFNO4S. The van der Waals surface area contributed by atoms with Crippen molar-refractivity contribution < 1.29 is 22.3 Å². The van der Waals surface area contributed by atoms with Crippen molar-refractivity contribution in [3.05, 3.63) is 47.2 Å². The Morgan fingerprint density at radius 2 is 1.61 bits per heavy atom. The molecule has 8 heteroatoms. The van der Waals surface area contributed by atoms with E-state index in [-0.39, 0.29) is 16.3 Å². The second-order valence-corrected chi connectivity index (χ2v) is 6.96. The Hall–Kier alpha value is -1.99. The Bertz CT molecular complexity index is 809. The molecule has 2 rings (SSSR count). The minimum Gasteiger partial charge on any atom is -0.495 e. The smallest absolute Gasteiger partial charge is 0.264 e. The van der Waals surface area contributed by atoms with Gasteiger partial charge >= 0.3 is 0 Å². The fourth-order valence-corrected chi connectivity index (χ4v) is 3.41. The van der Waals surface area contributed by atoms with Crippen LogP contribution in [0.15, 0.2) is 41.3 Å². The van der Waals surface area contributed by atoms with E-state index in [1.807, 2.05) is 0 Å². The fraction of sp³-hybridized carbons (Fsp3) is 0.200. The second kappa shape index (κ2) is 6.64. The number of nitrogens with zero attached hydrogens (tertiary/aromatic N) is 1. The van der Waals surface area contributed by atoms with Crippen molar-refractivity contribution in [1.82, 2.24) is 0 Å². The molecule has 0 amide bonds. The van der Waals surface area contributed by atoms with Gasteiger partial charge in [-0.15, -0.1) is 0 Å². The molecule has 0 aliphatic carbocycles. The fourth-order valence-electron chi connectivity index (χ4n) is 1.98. The van der Waals surface area contributed by atoms with Crippen LogP contribution in [0.25, 0.3) is 0 Å². The van der Waals surface area contributed by atoms with Crippen LogP contribution in [0.3, 0.4) is 0 Å². The first-order chi connectivity index (χ1) is 10.8. The summed E-state index contributed by atoms with van der Waals surface area (Å²) in [7, 11) is 0.299. The number of hydrogen-bond acceptors (Lipinski definition) is 4. The quantitative estimate of drug-likeness (QED) is 0.821. The minimum atomic E-state index is -3.89. The van der Waals surface area contributed by atoms with Crippen LogP contribution in [-0.4, -0.2) is 29.7 Å². The van der Waals surface area contributed by atoms with E-state index in [1.165, 1.54) is 45.5 Å². The normalized spacial score (nSPS) is 11.2. The Labute approximate surface area is 139 Å². The maximum Gasteiger partial charge on any atom is 0.264 e. The van der Waals surface area contributed by atoms with E-state index in [0.717, 1.165) is 16.4 Å². The van der Waals surface area contributed by atoms with Crippen LogP contribution in [0.1, 0.15) is 0 Å². The van der Waals surface area contributed by atoms with Gasteiger partial charge in [0.25, 0.3) is 10.0 Å². The molecule has 0 aliphatic rings. The molecule has 0 aromatic heterocycles. The monoisotopic (exact) mass is 359 g/mol. The number of hydrogen-bond donors (Lipinski definition) is 0. The maximum absolute atomic E-state index is 13.0. The van der Waals surface area contributed by atoms with Crippen LogP contribution < -0.4 is 13.8 Å². The number of halogens is 2. The molecule has 0 heterocycles. The SMILES string of the molecule is COc1cc(N(C)S(=O)(=O)c2ccc(F)cc2)c(OC)cc1Cl. The molecule has 0 fully saturated rings. The summed E-state index contributed by atoms with van der Waals surface area (Å²) in [6.45, 7) is 0. The van der Waals surface area contributed by atoms with E-state index in [0.29, 0.717) is 10.8 Å². The Balaban J connectivity index is 2.54. The summed E-state index contributed by atoms with van der Waals surface area (Å²) in [5, 5.41) is 0.292. The number of ether oxygens (including phenoxy) is 2. The van der Waals surface area contributed by atoms with Crippen molar-refractivity contribution >= 4 is 27.3 Å². The van der Waals surface area contributed by atoms with Crippen LogP contribution in [0, 0.1) is 5.82 Å². The summed E-state index contributed by atoms with van der Waals surface area (Å²) in [6.07, 6.45) is 0. The summed E-state index contributed by atoms with van der Waals surface area (Å²) >= 11 is 6.02. The Morgan fingerprint density at radius 1 is 1.04 bits per heavy atom. The highest BCUT2D eigenvalue weighted by molar-refractivity contribution is 7.92. The molecule has 0 bridgehead atoms. The predicted octanol–water partition coefficient (Wildman–Crippen LogP) is 3.32. The molecule has 23 heavy (non-hydrogen) atoms. The molecule has 0 atom stereocenters. The predicted molar refractivity (Wildman–Crippen MR) is 86.5 cm³/mol. The number of anilines is 1. The van der Waals surface area contributed by atoms with Gasteiger partial charge in [-0.2, -0.15) is 0 Å². The van der Waals surface area contributed by atoms with Gasteiger partial charge < -0.3 is 9.47 Å². The summed E-state index contributed by atoms with van der Waals surface area (Å²) in [5.41, 5.74) is 0.248. The van der Waals surface area contributed by atoms with Crippen molar-refractivity contribution in [2.45, 2.75) is 4.90 Å². The number of rotatable bonds is 5. The van der Waals surface area contributed by atoms with Gasteiger partial charge in [0.15, 0.2) is 0 Å². The van der Waals surface area contributed by atoms with Gasteiger partial charge in [-0.05, 0) is 24.3 Å². The van der Waals surface area contributed by atoms with Gasteiger partial charge in [0.1, 0.15) is 17.3 Å². The third-order valence-corrected chi connectivity index (χ3v) is 5.35. The summed E-state index contributed by atoms with van der Waals surface area (Å²) in [6, 6.07) is 7.48. The molecule has 0 aliphatic heterocycles. The molecule has 5 nitrogen and oxygen atoms in total. The zero-order valence-corrected chi connectivity index (χ0v) is 14.3. The number of methoxy groups -OCH3 is 2. The van der Waals surface area contributed by atoms with E-state index in [9.17, 15) is 12.8 Å². The van der Waals surface area contributed by atoms with Crippen molar-refractivity contribution in [2.24, 2.45) is 0 Å². The van der Waals surface area contributed by atoms with E-state index in [2.05, 4.69) is 0 Å². The highest BCUT2D eigenvalue weighted by Gasteiger charge is 2.25. The third kappa shape index (κ3) is 3.35. The standard InChI is InChI=1S/C15H15ClFNO4S/c1-18(23(19,20)11-6-4-10(17)5-7-11)13-9-14(21-2)12(16)8-15(13)22-3/h4-9H,1-3H3. The van der Waals surface area contributed by atoms with Crippen molar-refractivity contribution in [1.29, 1.82) is 0 Å². The first-order valence-corrected chi connectivity index (χ1v) is 8.29. The minimum absolute atomic E-state index is 0.0441. The largest absolute Gasteiger partial charge is 0.495 e. The highest BCUT2D eigenvalue weighted by atomic mass is 35.5. The zero-order valence-electron chi connectivity index (χ0n) is 12.7. The first-order valence-electron chi connectivity index (χ1n) is 6.47. The molecule has 0 saturated heterocycles. The van der Waals surface area contributed by atoms with E-state index in [4.69, 9.17) is 21.1 Å². The molecule has 2 aromatic carbocycles. The van der Waals surface area contributed by atoms with Gasteiger partial charge in [-0.3, -0.25) is 4.31 Å². The van der Waals surface area contributed by atoms with Crippen LogP contribution >= 0.6 is 11.6 Å². The Kier molecular flexibility index (Phi) is 5.01. The lowest BCUT2D eigenvalue weighted by molar-refractivity contribution is 0.404. The lowest BCUT2D eigenvalue weighted by atomic mass is 10.2. The van der Waals surface area contributed by atoms with Crippen LogP contribution in [0.2, 0.25) is 5.02 Å². The van der Waals surface area contributed by atoms with E-state index < -0.39 is 15.8 Å². The highest BCUT2D eigenvalue weighted by Crippen LogP contribution is 2.39. The molecule has 0 spiro atoms. The molecule has 0 N–H and O–H groups in total. The number of sulfonamides is 1. The van der Waals surface area contributed by atoms with Crippen LogP contribution in [-0.2, 0) is 10.0 Å². The van der Waals surface area contributed by atoms with Gasteiger partial charge in [0.2, 0.25) is 0 Å². The lowest BCUT2D eigenvalue weighted by Crippen LogP contribution is -2.27. The maximum atomic E-state index is 13.0. The second-order valence-electron chi connectivity index (χ2n) is 4.59. The summed E-state index contributed by atoms with van der Waals surface area (Å²) < 4.78 is 49.7. The Morgan fingerprint density at radius 3 is 2.13 bits per heavy atom. The van der Waals surface area contributed by atoms with Crippen LogP contribution in [0.4, 0.5) is 10.1 Å². The third-order valence-electron chi connectivity index (χ3n) is 3.26. The molecule has 0 unspecified atom stereocenters. The van der Waals surface area contributed by atoms with Crippen molar-refractivity contribution in [2.75, 3.05) is 25.6 Å². The van der Waals surface area contributed by atoms with Gasteiger partial charge in [0, 0.05) is 19.2 Å². The van der Waals surface area contributed by atoms with Crippen LogP contribution in [0.5, 0.6) is 11.5 Å². The summed E-state index contributed by atoms with van der Waals surface area (Å²) in [5.74, 6) is 0.0601. The van der Waals surface area contributed by atoms with E-state index >= 15 is 0 Å². The molecule has 0 radical (unpaired) electrons. The average Bonchev–Trinajstić information content (AvgIpc) is 2.54. The lowest BCUT2D eigenvalue weighted by Gasteiger charge is -2.22. The average molecular weight is 360 g/mol. The molecule has 2 aromatic rings. The number of benzene rings is 2. The zero-order chi connectivity index (χ0) is 17.2. The van der Waals surface area contributed by atoms with Gasteiger partial charge in [-0.25, -0.2) is 12.8 Å². The van der Waals surface area contributed by atoms with E-state index in [1.54, 1.807) is 0 Å². The van der Waals surface area contributed by atoms with Crippen molar-refractivity contribution in [3.63, 3.8) is 0 Å². The van der Waals surface area contributed by atoms with Crippen molar-refractivity contribution in [3.8, 4) is 11.5 Å². The summed E-state index contributed by atoms with van der Waals surface area (Å²) in [4.78, 5) is -0.0441. The molecule has 0 saturated carbocycles.